The Kier molecular flexibility index (Phi) is 2.55. The van der Waals surface area contributed by atoms with E-state index in [0.717, 1.165) is 21.9 Å². The number of Topliss-reactive ketones (excluding diaryl/α,β-unsaturated/α-hetero) is 1. The molecule has 76 valence electrons. The Balaban J connectivity index is 2.76. The molecule has 0 fully saturated rings. The molecule has 0 bridgehead atoms. The average molecular weight is 198 g/mol. The number of hydrogen-bond donors (Lipinski definition) is 0. The van der Waals surface area contributed by atoms with Crippen LogP contribution in [0.25, 0.3) is 10.8 Å². The van der Waals surface area contributed by atoms with E-state index >= 15 is 0 Å². The van der Waals surface area contributed by atoms with Gasteiger partial charge < -0.3 is 0 Å². The molecule has 0 aliphatic heterocycles. The van der Waals surface area contributed by atoms with E-state index in [0.29, 0.717) is 6.42 Å². The van der Waals surface area contributed by atoms with Gasteiger partial charge in [0.15, 0.2) is 5.78 Å². The highest BCUT2D eigenvalue weighted by atomic mass is 16.1. The molecule has 1 heteroatoms. The smallest absolute Gasteiger partial charge is 0.163 e. The lowest BCUT2D eigenvalue weighted by molar-refractivity contribution is 0.0989. The molecule has 0 saturated heterocycles. The number of fused-ring (bicyclic) bond motifs is 1. The lowest BCUT2D eigenvalue weighted by atomic mass is 9.98. The molecular weight excluding hydrogens is 184 g/mol. The van der Waals surface area contributed by atoms with Gasteiger partial charge in [0.1, 0.15) is 0 Å². The number of hydrogen-bond acceptors (Lipinski definition) is 1. The van der Waals surface area contributed by atoms with Crippen LogP contribution in [0.1, 0.15) is 29.3 Å². The van der Waals surface area contributed by atoms with Crippen molar-refractivity contribution in [2.45, 2.75) is 20.3 Å². The summed E-state index contributed by atoms with van der Waals surface area (Å²) in [5.41, 5.74) is 2.00. The van der Waals surface area contributed by atoms with Crippen molar-refractivity contribution in [1.29, 1.82) is 0 Å². The molecule has 2 aromatic carbocycles. The van der Waals surface area contributed by atoms with E-state index < -0.39 is 0 Å². The van der Waals surface area contributed by atoms with Crippen molar-refractivity contribution in [2.24, 2.45) is 0 Å². The Labute approximate surface area is 89.7 Å². The summed E-state index contributed by atoms with van der Waals surface area (Å²) in [7, 11) is 0. The fourth-order valence-corrected chi connectivity index (χ4v) is 1.88. The van der Waals surface area contributed by atoms with Crippen molar-refractivity contribution in [2.75, 3.05) is 0 Å². The summed E-state index contributed by atoms with van der Waals surface area (Å²) in [6.45, 7) is 3.93. The Morgan fingerprint density at radius 2 is 1.93 bits per heavy atom. The maximum Gasteiger partial charge on any atom is 0.163 e. The summed E-state index contributed by atoms with van der Waals surface area (Å²) in [4.78, 5) is 11.8. The number of carbonyl (C=O) groups excluding carboxylic acids is 1. The minimum Gasteiger partial charge on any atom is -0.294 e. The molecule has 2 rings (SSSR count). The van der Waals surface area contributed by atoms with Gasteiger partial charge in [-0.2, -0.15) is 0 Å². The van der Waals surface area contributed by atoms with Gasteiger partial charge in [0, 0.05) is 12.0 Å². The molecule has 0 N–H and O–H groups in total. The Morgan fingerprint density at radius 3 is 2.67 bits per heavy atom. The number of rotatable bonds is 2. The first-order valence-electron chi connectivity index (χ1n) is 5.25. The Hall–Kier alpha value is -1.63. The maximum absolute atomic E-state index is 11.8. The van der Waals surface area contributed by atoms with Crippen molar-refractivity contribution in [3.63, 3.8) is 0 Å². The minimum atomic E-state index is 0.218. The molecule has 0 unspecified atom stereocenters. The van der Waals surface area contributed by atoms with Gasteiger partial charge in [-0.15, -0.1) is 0 Å². The average Bonchev–Trinajstić information content (AvgIpc) is 2.26. The fraction of sp³-hybridized carbons (Fsp3) is 0.214. The molecule has 15 heavy (non-hydrogen) atoms. The molecule has 0 spiro atoms. The monoisotopic (exact) mass is 198 g/mol. The standard InChI is InChI=1S/C14H14O/c1-3-14(15)13-9-10(2)8-11-6-4-5-7-12(11)13/h4-9H,3H2,1-2H3. The molecular formula is C14H14O. The first kappa shape index (κ1) is 9.91. The van der Waals surface area contributed by atoms with Crippen molar-refractivity contribution < 1.29 is 4.79 Å². The van der Waals surface area contributed by atoms with Crippen LogP contribution in [-0.2, 0) is 0 Å². The number of carbonyl (C=O) groups is 1. The van der Waals surface area contributed by atoms with E-state index in [9.17, 15) is 4.79 Å². The van der Waals surface area contributed by atoms with Gasteiger partial charge in [0.2, 0.25) is 0 Å². The SMILES string of the molecule is CCC(=O)c1cc(C)cc2ccccc12. The second-order valence-electron chi connectivity index (χ2n) is 3.81. The van der Waals surface area contributed by atoms with E-state index in [1.54, 1.807) is 0 Å². The molecule has 0 aliphatic rings. The molecule has 0 aliphatic carbocycles. The summed E-state index contributed by atoms with van der Waals surface area (Å²) >= 11 is 0. The minimum absolute atomic E-state index is 0.218. The van der Waals surface area contributed by atoms with Gasteiger partial charge in [-0.05, 0) is 29.3 Å². The van der Waals surface area contributed by atoms with Crippen LogP contribution < -0.4 is 0 Å². The van der Waals surface area contributed by atoms with E-state index in [-0.39, 0.29) is 5.78 Å². The van der Waals surface area contributed by atoms with Crippen LogP contribution in [0.4, 0.5) is 0 Å². The predicted octanol–water partition coefficient (Wildman–Crippen LogP) is 3.74. The van der Waals surface area contributed by atoms with E-state index in [4.69, 9.17) is 0 Å². The molecule has 0 amide bonds. The zero-order chi connectivity index (χ0) is 10.8. The molecule has 0 radical (unpaired) electrons. The summed E-state index contributed by atoms with van der Waals surface area (Å²) < 4.78 is 0. The largest absolute Gasteiger partial charge is 0.294 e. The Bertz CT molecular complexity index is 512. The number of aryl methyl sites for hydroxylation is 1. The highest BCUT2D eigenvalue weighted by Crippen LogP contribution is 2.21. The zero-order valence-corrected chi connectivity index (χ0v) is 9.08. The molecule has 0 saturated carbocycles. The van der Waals surface area contributed by atoms with Crippen LogP contribution in [0.5, 0.6) is 0 Å². The second kappa shape index (κ2) is 3.85. The first-order valence-corrected chi connectivity index (χ1v) is 5.25. The summed E-state index contributed by atoms with van der Waals surface area (Å²) in [5, 5.41) is 2.21. The third-order valence-electron chi connectivity index (χ3n) is 2.63. The molecule has 0 atom stereocenters. The van der Waals surface area contributed by atoms with Gasteiger partial charge in [0.25, 0.3) is 0 Å². The lowest BCUT2D eigenvalue weighted by Gasteiger charge is -2.06. The second-order valence-corrected chi connectivity index (χ2v) is 3.81. The maximum atomic E-state index is 11.8. The van der Waals surface area contributed by atoms with Crippen LogP contribution in [-0.4, -0.2) is 5.78 Å². The quantitative estimate of drug-likeness (QED) is 0.672. The summed E-state index contributed by atoms with van der Waals surface area (Å²) in [6.07, 6.45) is 0.563. The third kappa shape index (κ3) is 1.78. The molecule has 0 aromatic heterocycles. The zero-order valence-electron chi connectivity index (χ0n) is 9.08. The van der Waals surface area contributed by atoms with Crippen LogP contribution >= 0.6 is 0 Å². The van der Waals surface area contributed by atoms with Crippen LogP contribution in [0.2, 0.25) is 0 Å². The highest BCUT2D eigenvalue weighted by Gasteiger charge is 2.08. The van der Waals surface area contributed by atoms with E-state index in [1.165, 1.54) is 0 Å². The highest BCUT2D eigenvalue weighted by molar-refractivity contribution is 6.08. The van der Waals surface area contributed by atoms with E-state index in [2.05, 4.69) is 12.1 Å². The molecule has 1 nitrogen and oxygen atoms in total. The lowest BCUT2D eigenvalue weighted by Crippen LogP contribution is -1.98. The first-order chi connectivity index (χ1) is 7.22. The van der Waals surface area contributed by atoms with Crippen molar-refractivity contribution in [1.82, 2.24) is 0 Å². The van der Waals surface area contributed by atoms with Crippen LogP contribution in [0, 0.1) is 6.92 Å². The number of ketones is 1. The molecule has 2 aromatic rings. The fourth-order valence-electron chi connectivity index (χ4n) is 1.88. The van der Waals surface area contributed by atoms with Crippen molar-refractivity contribution >= 4 is 16.6 Å². The van der Waals surface area contributed by atoms with Crippen molar-refractivity contribution in [3.8, 4) is 0 Å². The predicted molar refractivity (Wildman–Crippen MR) is 63.3 cm³/mol. The van der Waals surface area contributed by atoms with Crippen LogP contribution in [0.3, 0.4) is 0 Å². The number of benzene rings is 2. The van der Waals surface area contributed by atoms with Crippen LogP contribution in [0.15, 0.2) is 36.4 Å². The third-order valence-corrected chi connectivity index (χ3v) is 2.63. The van der Waals surface area contributed by atoms with Gasteiger partial charge >= 0.3 is 0 Å². The van der Waals surface area contributed by atoms with Gasteiger partial charge in [-0.1, -0.05) is 37.3 Å². The Morgan fingerprint density at radius 1 is 1.20 bits per heavy atom. The van der Waals surface area contributed by atoms with Gasteiger partial charge in [-0.3, -0.25) is 4.79 Å². The van der Waals surface area contributed by atoms with Crippen molar-refractivity contribution in [3.05, 3.63) is 47.5 Å². The van der Waals surface area contributed by atoms with Gasteiger partial charge in [-0.25, -0.2) is 0 Å². The summed E-state index contributed by atoms with van der Waals surface area (Å²) in [6, 6.07) is 12.1. The normalized spacial score (nSPS) is 10.5. The molecule has 0 heterocycles. The van der Waals surface area contributed by atoms with Gasteiger partial charge in [0.05, 0.1) is 0 Å². The summed E-state index contributed by atoms with van der Waals surface area (Å²) in [5.74, 6) is 0.218. The van der Waals surface area contributed by atoms with E-state index in [1.807, 2.05) is 38.1 Å². The topological polar surface area (TPSA) is 17.1 Å².